The molecule has 16 heavy (non-hydrogen) atoms. The van der Waals surface area contributed by atoms with E-state index in [9.17, 15) is 4.79 Å². The topological polar surface area (TPSA) is 46.9 Å². The Morgan fingerprint density at radius 2 is 2.25 bits per heavy atom. The molecule has 0 spiro atoms. The molecule has 4 heteroatoms. The maximum Gasteiger partial charge on any atom is 0.268 e. The Hall–Kier alpha value is -1.32. The Morgan fingerprint density at radius 1 is 1.50 bits per heavy atom. The molecule has 1 aromatic heterocycles. The van der Waals surface area contributed by atoms with Crippen molar-refractivity contribution in [3.8, 4) is 0 Å². The first-order valence-corrected chi connectivity index (χ1v) is 5.94. The molecular weight excluding hydrogens is 202 g/mol. The van der Waals surface area contributed by atoms with Crippen molar-refractivity contribution in [1.82, 2.24) is 9.78 Å². The molecular formula is C12H21N3O. The van der Waals surface area contributed by atoms with Crippen LogP contribution in [0.25, 0.3) is 0 Å². The van der Waals surface area contributed by atoms with E-state index in [1.807, 2.05) is 0 Å². The van der Waals surface area contributed by atoms with Crippen LogP contribution in [0.5, 0.6) is 0 Å². The Kier molecular flexibility index (Phi) is 5.02. The number of aromatic nitrogens is 2. The third-order valence-electron chi connectivity index (χ3n) is 2.37. The molecule has 0 amide bonds. The van der Waals surface area contributed by atoms with Gasteiger partial charge in [-0.3, -0.25) is 4.79 Å². The van der Waals surface area contributed by atoms with Gasteiger partial charge in [-0.25, -0.2) is 4.68 Å². The van der Waals surface area contributed by atoms with Gasteiger partial charge in [0.2, 0.25) is 0 Å². The van der Waals surface area contributed by atoms with Crippen molar-refractivity contribution in [3.05, 3.63) is 22.6 Å². The average Bonchev–Trinajstić information content (AvgIpc) is 2.24. The SMILES string of the molecule is CCCNc1cnn(CCC(C)C)c(=O)c1. The van der Waals surface area contributed by atoms with Crippen molar-refractivity contribution in [2.24, 2.45) is 5.92 Å². The van der Waals surface area contributed by atoms with E-state index in [0.29, 0.717) is 12.5 Å². The third kappa shape index (κ3) is 4.04. The van der Waals surface area contributed by atoms with Gasteiger partial charge in [-0.05, 0) is 18.8 Å². The molecule has 0 unspecified atom stereocenters. The van der Waals surface area contributed by atoms with Gasteiger partial charge in [0.05, 0.1) is 11.9 Å². The first-order valence-electron chi connectivity index (χ1n) is 5.94. The number of aryl methyl sites for hydroxylation is 1. The van der Waals surface area contributed by atoms with Crippen LogP contribution in [0, 0.1) is 5.92 Å². The number of rotatable bonds is 6. The summed E-state index contributed by atoms with van der Waals surface area (Å²) in [4.78, 5) is 11.7. The molecule has 1 N–H and O–H groups in total. The highest BCUT2D eigenvalue weighted by atomic mass is 16.1. The normalized spacial score (nSPS) is 10.8. The Bertz CT molecular complexity index is 371. The quantitative estimate of drug-likeness (QED) is 0.803. The van der Waals surface area contributed by atoms with Crippen LogP contribution in [0.3, 0.4) is 0 Å². The van der Waals surface area contributed by atoms with Gasteiger partial charge >= 0.3 is 0 Å². The Morgan fingerprint density at radius 3 is 2.81 bits per heavy atom. The molecule has 1 aromatic rings. The molecule has 0 aliphatic carbocycles. The second-order valence-electron chi connectivity index (χ2n) is 4.41. The molecule has 0 aliphatic rings. The summed E-state index contributed by atoms with van der Waals surface area (Å²) in [5.74, 6) is 0.589. The first kappa shape index (κ1) is 12.7. The van der Waals surface area contributed by atoms with Crippen molar-refractivity contribution >= 4 is 5.69 Å². The standard InChI is InChI=1S/C12H21N3O/c1-4-6-13-11-8-12(16)15(14-9-11)7-5-10(2)3/h8-10,13H,4-7H2,1-3H3. The summed E-state index contributed by atoms with van der Waals surface area (Å²) in [6.07, 6.45) is 3.74. The number of nitrogens with one attached hydrogen (secondary N) is 1. The predicted octanol–water partition coefficient (Wildman–Crippen LogP) is 2.11. The fourth-order valence-corrected chi connectivity index (χ4v) is 1.35. The molecule has 90 valence electrons. The fourth-order valence-electron chi connectivity index (χ4n) is 1.35. The highest BCUT2D eigenvalue weighted by Crippen LogP contribution is 2.02. The highest BCUT2D eigenvalue weighted by Gasteiger charge is 2.01. The molecule has 0 fully saturated rings. The maximum absolute atomic E-state index is 11.7. The molecule has 4 nitrogen and oxygen atoms in total. The van der Waals surface area contributed by atoms with E-state index in [1.165, 1.54) is 4.68 Å². The van der Waals surface area contributed by atoms with E-state index in [4.69, 9.17) is 0 Å². The molecule has 1 heterocycles. The third-order valence-corrected chi connectivity index (χ3v) is 2.37. The molecule has 0 radical (unpaired) electrons. The second-order valence-corrected chi connectivity index (χ2v) is 4.41. The lowest BCUT2D eigenvalue weighted by Gasteiger charge is -2.08. The Balaban J connectivity index is 2.64. The molecule has 0 aliphatic heterocycles. The minimum absolute atomic E-state index is 0.0262. The maximum atomic E-state index is 11.7. The zero-order chi connectivity index (χ0) is 12.0. The first-order chi connectivity index (χ1) is 7.63. The van der Waals surface area contributed by atoms with E-state index in [0.717, 1.165) is 25.1 Å². The van der Waals surface area contributed by atoms with E-state index < -0.39 is 0 Å². The number of anilines is 1. The minimum Gasteiger partial charge on any atom is -0.384 e. The highest BCUT2D eigenvalue weighted by molar-refractivity contribution is 5.38. The van der Waals surface area contributed by atoms with Crippen molar-refractivity contribution in [2.75, 3.05) is 11.9 Å². The Labute approximate surface area is 96.7 Å². The van der Waals surface area contributed by atoms with Gasteiger partial charge in [0.15, 0.2) is 0 Å². The van der Waals surface area contributed by atoms with Crippen LogP contribution in [0.4, 0.5) is 5.69 Å². The van der Waals surface area contributed by atoms with E-state index >= 15 is 0 Å². The number of nitrogens with zero attached hydrogens (tertiary/aromatic N) is 2. The van der Waals surface area contributed by atoms with Gasteiger partial charge in [0.1, 0.15) is 0 Å². The summed E-state index contributed by atoms with van der Waals surface area (Å²) < 4.78 is 1.52. The van der Waals surface area contributed by atoms with Crippen LogP contribution in [0.2, 0.25) is 0 Å². The van der Waals surface area contributed by atoms with E-state index in [1.54, 1.807) is 12.3 Å². The number of hydrogen-bond donors (Lipinski definition) is 1. The summed E-state index contributed by atoms with van der Waals surface area (Å²) in [7, 11) is 0. The van der Waals surface area contributed by atoms with Crippen LogP contribution < -0.4 is 10.9 Å². The molecule has 0 atom stereocenters. The lowest BCUT2D eigenvalue weighted by atomic mass is 10.1. The zero-order valence-corrected chi connectivity index (χ0v) is 10.4. The summed E-state index contributed by atoms with van der Waals surface area (Å²) in [5, 5.41) is 7.30. The van der Waals surface area contributed by atoms with Crippen LogP contribution in [-0.2, 0) is 6.54 Å². The van der Waals surface area contributed by atoms with Crippen LogP contribution in [0.1, 0.15) is 33.6 Å². The lowest BCUT2D eigenvalue weighted by Crippen LogP contribution is -2.23. The van der Waals surface area contributed by atoms with Gasteiger partial charge in [-0.15, -0.1) is 0 Å². The smallest absolute Gasteiger partial charge is 0.268 e. The molecule has 0 saturated carbocycles. The molecule has 1 rings (SSSR count). The van der Waals surface area contributed by atoms with Gasteiger partial charge in [0, 0.05) is 19.2 Å². The average molecular weight is 223 g/mol. The van der Waals surface area contributed by atoms with Crippen molar-refractivity contribution in [2.45, 2.75) is 40.2 Å². The monoisotopic (exact) mass is 223 g/mol. The fraction of sp³-hybridized carbons (Fsp3) is 0.667. The van der Waals surface area contributed by atoms with Gasteiger partial charge < -0.3 is 5.32 Å². The second kappa shape index (κ2) is 6.30. The van der Waals surface area contributed by atoms with E-state index in [-0.39, 0.29) is 5.56 Å². The molecule has 0 saturated heterocycles. The van der Waals surface area contributed by atoms with Crippen molar-refractivity contribution in [1.29, 1.82) is 0 Å². The van der Waals surface area contributed by atoms with Crippen LogP contribution in [0.15, 0.2) is 17.1 Å². The van der Waals surface area contributed by atoms with Crippen LogP contribution >= 0.6 is 0 Å². The van der Waals surface area contributed by atoms with Gasteiger partial charge in [-0.1, -0.05) is 20.8 Å². The van der Waals surface area contributed by atoms with Crippen molar-refractivity contribution < 1.29 is 0 Å². The summed E-state index contributed by atoms with van der Waals surface area (Å²) >= 11 is 0. The molecule has 0 aromatic carbocycles. The molecule has 0 bridgehead atoms. The van der Waals surface area contributed by atoms with Gasteiger partial charge in [0.25, 0.3) is 5.56 Å². The lowest BCUT2D eigenvalue weighted by molar-refractivity contribution is 0.472. The minimum atomic E-state index is -0.0262. The number of hydrogen-bond acceptors (Lipinski definition) is 3. The van der Waals surface area contributed by atoms with E-state index in [2.05, 4.69) is 31.2 Å². The predicted molar refractivity (Wildman–Crippen MR) is 66.7 cm³/mol. The summed E-state index contributed by atoms with van der Waals surface area (Å²) in [6, 6.07) is 1.61. The van der Waals surface area contributed by atoms with Crippen molar-refractivity contribution in [3.63, 3.8) is 0 Å². The largest absolute Gasteiger partial charge is 0.384 e. The summed E-state index contributed by atoms with van der Waals surface area (Å²) in [5.41, 5.74) is 0.786. The van der Waals surface area contributed by atoms with Crippen LogP contribution in [-0.4, -0.2) is 16.3 Å². The summed E-state index contributed by atoms with van der Waals surface area (Å²) in [6.45, 7) is 7.94. The van der Waals surface area contributed by atoms with Gasteiger partial charge in [-0.2, -0.15) is 5.10 Å². The zero-order valence-electron chi connectivity index (χ0n) is 10.4.